The summed E-state index contributed by atoms with van der Waals surface area (Å²) in [4.78, 5) is 16.4. The van der Waals surface area contributed by atoms with E-state index in [0.29, 0.717) is 19.4 Å². The smallest absolute Gasteiger partial charge is 0.220 e. The number of methoxy groups -OCH3 is 1. The van der Waals surface area contributed by atoms with E-state index in [0.717, 1.165) is 27.8 Å². The normalized spacial score (nSPS) is 10.5. The third-order valence-electron chi connectivity index (χ3n) is 3.94. The van der Waals surface area contributed by atoms with E-state index in [1.54, 1.807) is 7.11 Å². The van der Waals surface area contributed by atoms with Gasteiger partial charge in [0.25, 0.3) is 0 Å². The number of carbonyl (C=O) groups is 1. The van der Waals surface area contributed by atoms with Crippen LogP contribution in [0.5, 0.6) is 5.75 Å². The fraction of sp³-hybridized carbons (Fsp3) is 0.200. The third-order valence-corrected chi connectivity index (χ3v) is 3.94. The van der Waals surface area contributed by atoms with Crippen LogP contribution in [0.2, 0.25) is 0 Å². The molecule has 0 unspecified atom stereocenters. The Morgan fingerprint density at radius 1 is 1.08 bits per heavy atom. The van der Waals surface area contributed by atoms with Crippen LogP contribution in [0.25, 0.3) is 10.9 Å². The monoisotopic (exact) mass is 320 g/mol. The minimum Gasteiger partial charge on any atom is -0.497 e. The molecule has 0 saturated carbocycles. The van der Waals surface area contributed by atoms with Crippen molar-refractivity contribution < 1.29 is 9.53 Å². The highest BCUT2D eigenvalue weighted by molar-refractivity contribution is 5.79. The topological polar surface area (TPSA) is 51.2 Å². The predicted molar refractivity (Wildman–Crippen MR) is 94.9 cm³/mol. The molecule has 4 nitrogen and oxygen atoms in total. The van der Waals surface area contributed by atoms with E-state index >= 15 is 0 Å². The summed E-state index contributed by atoms with van der Waals surface area (Å²) in [5.74, 6) is 0.867. The third kappa shape index (κ3) is 4.10. The van der Waals surface area contributed by atoms with E-state index in [2.05, 4.69) is 16.4 Å². The van der Waals surface area contributed by atoms with Gasteiger partial charge in [0.2, 0.25) is 5.91 Å². The lowest BCUT2D eigenvalue weighted by Crippen LogP contribution is -2.23. The number of carbonyl (C=O) groups excluding carboxylic acids is 1. The molecule has 3 aromatic rings. The number of rotatable bonds is 6. The van der Waals surface area contributed by atoms with Gasteiger partial charge in [-0.2, -0.15) is 0 Å². The number of fused-ring (bicyclic) bond motifs is 1. The van der Waals surface area contributed by atoms with Crippen LogP contribution in [-0.4, -0.2) is 18.0 Å². The molecule has 0 bridgehead atoms. The zero-order valence-electron chi connectivity index (χ0n) is 13.7. The SMILES string of the molecule is COc1ccc(CCC(=O)NCc2cnc3ccccc3c2)cc1. The molecule has 1 amide bonds. The van der Waals surface area contributed by atoms with Gasteiger partial charge in [-0.05, 0) is 41.8 Å². The number of aryl methyl sites for hydroxylation is 1. The van der Waals surface area contributed by atoms with Crippen LogP contribution >= 0.6 is 0 Å². The Kier molecular flexibility index (Phi) is 5.06. The Bertz CT molecular complexity index is 828. The lowest BCUT2D eigenvalue weighted by Gasteiger charge is -2.07. The summed E-state index contributed by atoms with van der Waals surface area (Å²) >= 11 is 0. The quantitative estimate of drug-likeness (QED) is 0.756. The molecule has 122 valence electrons. The number of hydrogen-bond acceptors (Lipinski definition) is 3. The summed E-state index contributed by atoms with van der Waals surface area (Å²) in [6.45, 7) is 0.499. The zero-order valence-corrected chi connectivity index (χ0v) is 13.7. The molecule has 0 aliphatic heterocycles. The van der Waals surface area contributed by atoms with Crippen molar-refractivity contribution in [3.05, 3.63) is 71.9 Å². The number of para-hydroxylation sites is 1. The van der Waals surface area contributed by atoms with Gasteiger partial charge in [-0.3, -0.25) is 9.78 Å². The van der Waals surface area contributed by atoms with Gasteiger partial charge >= 0.3 is 0 Å². The average Bonchev–Trinajstić information content (AvgIpc) is 2.65. The van der Waals surface area contributed by atoms with Crippen LogP contribution in [0.4, 0.5) is 0 Å². The molecule has 0 spiro atoms. The summed E-state index contributed by atoms with van der Waals surface area (Å²) < 4.78 is 5.13. The number of amides is 1. The summed E-state index contributed by atoms with van der Waals surface area (Å²) in [7, 11) is 1.64. The highest BCUT2D eigenvalue weighted by Crippen LogP contribution is 2.14. The van der Waals surface area contributed by atoms with Gasteiger partial charge in [0.15, 0.2) is 0 Å². The van der Waals surface area contributed by atoms with E-state index < -0.39 is 0 Å². The maximum atomic E-state index is 12.0. The van der Waals surface area contributed by atoms with E-state index in [9.17, 15) is 4.79 Å². The van der Waals surface area contributed by atoms with Crippen molar-refractivity contribution in [2.45, 2.75) is 19.4 Å². The lowest BCUT2D eigenvalue weighted by molar-refractivity contribution is -0.121. The maximum Gasteiger partial charge on any atom is 0.220 e. The highest BCUT2D eigenvalue weighted by Gasteiger charge is 2.04. The summed E-state index contributed by atoms with van der Waals surface area (Å²) in [6.07, 6.45) is 2.99. The largest absolute Gasteiger partial charge is 0.497 e. The molecule has 0 aliphatic rings. The van der Waals surface area contributed by atoms with Crippen LogP contribution < -0.4 is 10.1 Å². The molecule has 1 N–H and O–H groups in total. The molecule has 4 heteroatoms. The van der Waals surface area contributed by atoms with Crippen molar-refractivity contribution >= 4 is 16.8 Å². The fourth-order valence-electron chi connectivity index (χ4n) is 2.55. The van der Waals surface area contributed by atoms with Crippen LogP contribution in [0, 0.1) is 0 Å². The van der Waals surface area contributed by atoms with Crippen molar-refractivity contribution in [1.29, 1.82) is 0 Å². The molecule has 3 rings (SSSR count). The fourth-order valence-corrected chi connectivity index (χ4v) is 2.55. The summed E-state index contributed by atoms with van der Waals surface area (Å²) in [5, 5.41) is 4.04. The number of ether oxygens (including phenoxy) is 1. The maximum absolute atomic E-state index is 12.0. The molecule has 0 aliphatic carbocycles. The first-order chi connectivity index (χ1) is 11.7. The van der Waals surface area contributed by atoms with Crippen LogP contribution in [-0.2, 0) is 17.8 Å². The Morgan fingerprint density at radius 2 is 1.88 bits per heavy atom. The molecule has 0 radical (unpaired) electrons. The summed E-state index contributed by atoms with van der Waals surface area (Å²) in [6, 6.07) is 17.8. The minimum absolute atomic E-state index is 0.0407. The second kappa shape index (κ2) is 7.59. The Morgan fingerprint density at radius 3 is 2.67 bits per heavy atom. The van der Waals surface area contributed by atoms with Gasteiger partial charge in [0.05, 0.1) is 12.6 Å². The number of benzene rings is 2. The first kappa shape index (κ1) is 16.0. The zero-order chi connectivity index (χ0) is 16.8. The van der Waals surface area contributed by atoms with E-state index in [1.807, 2.05) is 54.7 Å². The molecule has 2 aromatic carbocycles. The molecule has 1 heterocycles. The van der Waals surface area contributed by atoms with Gasteiger partial charge in [0.1, 0.15) is 5.75 Å². The first-order valence-corrected chi connectivity index (χ1v) is 7.98. The first-order valence-electron chi connectivity index (χ1n) is 7.98. The van der Waals surface area contributed by atoms with Crippen LogP contribution in [0.15, 0.2) is 60.8 Å². The van der Waals surface area contributed by atoms with E-state index in [-0.39, 0.29) is 5.91 Å². The van der Waals surface area contributed by atoms with Crippen molar-refractivity contribution in [3.63, 3.8) is 0 Å². The van der Waals surface area contributed by atoms with Crippen molar-refractivity contribution in [1.82, 2.24) is 10.3 Å². The number of aromatic nitrogens is 1. The minimum atomic E-state index is 0.0407. The molecule has 0 fully saturated rings. The van der Waals surface area contributed by atoms with Crippen molar-refractivity contribution in [3.8, 4) is 5.75 Å². The second-order valence-corrected chi connectivity index (χ2v) is 5.66. The van der Waals surface area contributed by atoms with Crippen molar-refractivity contribution in [2.24, 2.45) is 0 Å². The molecule has 24 heavy (non-hydrogen) atoms. The summed E-state index contributed by atoms with van der Waals surface area (Å²) in [5.41, 5.74) is 3.09. The molecule has 0 saturated heterocycles. The number of nitrogens with zero attached hydrogens (tertiary/aromatic N) is 1. The highest BCUT2D eigenvalue weighted by atomic mass is 16.5. The standard InChI is InChI=1S/C20H20N2O2/c1-24-18-9-6-15(7-10-18)8-11-20(23)22-14-16-12-17-4-2-3-5-19(17)21-13-16/h2-7,9-10,12-13H,8,11,14H2,1H3,(H,22,23). The van der Waals surface area contributed by atoms with Crippen LogP contribution in [0.3, 0.4) is 0 Å². The van der Waals surface area contributed by atoms with E-state index in [1.165, 1.54) is 0 Å². The van der Waals surface area contributed by atoms with Gasteiger partial charge in [-0.25, -0.2) is 0 Å². The van der Waals surface area contributed by atoms with Crippen molar-refractivity contribution in [2.75, 3.05) is 7.11 Å². The predicted octanol–water partition coefficient (Wildman–Crippen LogP) is 3.49. The molecular formula is C20H20N2O2. The van der Waals surface area contributed by atoms with E-state index in [4.69, 9.17) is 4.74 Å². The average molecular weight is 320 g/mol. The Hall–Kier alpha value is -2.88. The molecule has 1 aromatic heterocycles. The van der Waals surface area contributed by atoms with Gasteiger partial charge in [-0.15, -0.1) is 0 Å². The number of pyridine rings is 1. The van der Waals surface area contributed by atoms with Gasteiger partial charge < -0.3 is 10.1 Å². The van der Waals surface area contributed by atoms with Crippen LogP contribution in [0.1, 0.15) is 17.5 Å². The Balaban J connectivity index is 1.50. The molecular weight excluding hydrogens is 300 g/mol. The number of nitrogens with one attached hydrogen (secondary N) is 1. The number of hydrogen-bond donors (Lipinski definition) is 1. The lowest BCUT2D eigenvalue weighted by atomic mass is 10.1. The molecule has 0 atom stereocenters. The second-order valence-electron chi connectivity index (χ2n) is 5.66. The van der Waals surface area contributed by atoms with Gasteiger partial charge in [0, 0.05) is 24.5 Å². The van der Waals surface area contributed by atoms with Gasteiger partial charge in [-0.1, -0.05) is 30.3 Å². The Labute approximate surface area is 141 Å².